The Morgan fingerprint density at radius 3 is 1.40 bits per heavy atom. The quantitative estimate of drug-likeness (QED) is 0.304. The van der Waals surface area contributed by atoms with Gasteiger partial charge in [-0.05, 0) is 67.2 Å². The summed E-state index contributed by atoms with van der Waals surface area (Å²) in [5.74, 6) is 0. The molecule has 50 heavy (non-hydrogen) atoms. The summed E-state index contributed by atoms with van der Waals surface area (Å²) in [5, 5.41) is 35.0. The highest BCUT2D eigenvalue weighted by Gasteiger charge is 2.37. The van der Waals surface area contributed by atoms with Crippen molar-refractivity contribution in [2.75, 3.05) is 13.2 Å². The Labute approximate surface area is 287 Å². The smallest absolute Gasteiger partial charge is 0.407 e. The van der Waals surface area contributed by atoms with Gasteiger partial charge in [-0.3, -0.25) is 29.6 Å². The monoisotopic (exact) mass is 716 g/mol. The van der Waals surface area contributed by atoms with Gasteiger partial charge in [0.2, 0.25) is 0 Å². The first kappa shape index (κ1) is 40.0. The summed E-state index contributed by atoms with van der Waals surface area (Å²) < 4.78 is 52.7. The molecule has 2 amide bonds. The van der Waals surface area contributed by atoms with E-state index in [0.717, 1.165) is 12.4 Å². The average Bonchev–Trinajstić information content (AvgIpc) is 3.45. The number of aryl methyl sites for hydroxylation is 2. The molecule has 2 fully saturated rings. The normalized spacial score (nSPS) is 24.4. The van der Waals surface area contributed by atoms with Gasteiger partial charge in [0.25, 0.3) is 0 Å². The molecule has 0 spiro atoms. The molecule has 0 unspecified atom stereocenters. The first-order chi connectivity index (χ1) is 23.2. The molecule has 2 aromatic heterocycles. The summed E-state index contributed by atoms with van der Waals surface area (Å²) >= 11 is 0. The first-order valence-electron chi connectivity index (χ1n) is 16.0. The zero-order chi connectivity index (χ0) is 37.6. The fourth-order valence-electron chi connectivity index (χ4n) is 5.41. The minimum atomic E-state index is -1.44. The van der Waals surface area contributed by atoms with Crippen LogP contribution in [0.5, 0.6) is 0 Å². The van der Waals surface area contributed by atoms with Gasteiger partial charge in [-0.15, -0.1) is 0 Å². The highest BCUT2D eigenvalue weighted by Crippen LogP contribution is 2.35. The van der Waals surface area contributed by atoms with E-state index in [1.54, 1.807) is 55.6 Å². The predicted octanol–water partition coefficient (Wildman–Crippen LogP) is 4.82. The summed E-state index contributed by atoms with van der Waals surface area (Å²) in [5.41, 5.74) is -1.13. The zero-order valence-corrected chi connectivity index (χ0v) is 29.4. The van der Waals surface area contributed by atoms with Crippen molar-refractivity contribution in [3.05, 3.63) is 44.0 Å². The van der Waals surface area contributed by atoms with Crippen LogP contribution in [0.1, 0.15) is 90.8 Å². The van der Waals surface area contributed by atoms with Gasteiger partial charge in [0, 0.05) is 14.1 Å². The molecule has 20 heteroatoms. The third-order valence-electron chi connectivity index (χ3n) is 7.60. The van der Waals surface area contributed by atoms with Crippen LogP contribution in [-0.4, -0.2) is 90.4 Å². The number of alkyl carbamates (subject to hydrolysis) is 2. The Bertz CT molecular complexity index is 1390. The van der Waals surface area contributed by atoms with Crippen LogP contribution in [-0.2, 0) is 33.0 Å². The fourth-order valence-corrected chi connectivity index (χ4v) is 5.41. The molecule has 0 bridgehead atoms. The number of rotatable bonds is 6. The number of amides is 2. The molecule has 4 rings (SSSR count). The molecule has 280 valence electrons. The second-order valence-electron chi connectivity index (χ2n) is 13.9. The van der Waals surface area contributed by atoms with Gasteiger partial charge in [-0.25, -0.2) is 18.4 Å². The highest BCUT2D eigenvalue weighted by molar-refractivity contribution is 5.68. The van der Waals surface area contributed by atoms with Crippen molar-refractivity contribution >= 4 is 23.6 Å². The molecule has 0 aliphatic carbocycles. The summed E-state index contributed by atoms with van der Waals surface area (Å²) in [6.45, 7) is 9.72. The third-order valence-corrected chi connectivity index (χ3v) is 7.60. The first-order valence-corrected chi connectivity index (χ1v) is 16.0. The number of hydrogen-bond acceptors (Lipinski definition) is 12. The van der Waals surface area contributed by atoms with Gasteiger partial charge < -0.3 is 29.6 Å². The Kier molecular flexibility index (Phi) is 13.2. The second-order valence-corrected chi connectivity index (χ2v) is 13.9. The molecular formula is C30H46F2N8O10. The van der Waals surface area contributed by atoms with Gasteiger partial charge in [0.05, 0.1) is 35.1 Å². The molecule has 18 nitrogen and oxygen atoms in total. The number of aromatic nitrogens is 4. The van der Waals surface area contributed by atoms with Crippen LogP contribution in [0.3, 0.4) is 0 Å². The SMILES string of the molecule is Cn1ncc([N+](=O)[O-])c1[C@@H]1CC[C@@H](NC(=O)OC(C)(C)C)[C@H](F)CO1.Cn1ncc([N+](=O)[O-])c1[C@H]1CC[C@H](NC(=O)OC(C)(C)C)[C@@H](F)CO1. The minimum absolute atomic E-state index is 0.165. The number of nitrogens with zero attached hydrogens (tertiary/aromatic N) is 6. The van der Waals surface area contributed by atoms with Crippen LogP contribution in [0.15, 0.2) is 12.4 Å². The molecule has 0 radical (unpaired) electrons. The molecule has 2 saturated heterocycles. The largest absolute Gasteiger partial charge is 0.444 e. The lowest BCUT2D eigenvalue weighted by molar-refractivity contribution is -0.386. The van der Waals surface area contributed by atoms with Gasteiger partial charge in [0.1, 0.15) is 59.5 Å². The predicted molar refractivity (Wildman–Crippen MR) is 172 cm³/mol. The number of nitrogens with one attached hydrogen (secondary N) is 2. The summed E-state index contributed by atoms with van der Waals surface area (Å²) in [6.07, 6.45) is -2.21. The van der Waals surface area contributed by atoms with E-state index in [4.69, 9.17) is 18.9 Å². The Morgan fingerprint density at radius 1 is 0.760 bits per heavy atom. The van der Waals surface area contributed by atoms with Crippen molar-refractivity contribution in [3.8, 4) is 0 Å². The van der Waals surface area contributed by atoms with Crippen molar-refractivity contribution in [2.24, 2.45) is 14.1 Å². The number of alkyl halides is 2. The lowest BCUT2D eigenvalue weighted by Gasteiger charge is -2.24. The number of ether oxygens (including phenoxy) is 4. The van der Waals surface area contributed by atoms with Gasteiger partial charge in [0.15, 0.2) is 0 Å². The molecule has 2 N–H and O–H groups in total. The third kappa shape index (κ3) is 11.3. The number of carbonyl (C=O) groups excluding carboxylic acids is 2. The van der Waals surface area contributed by atoms with E-state index in [-0.39, 0.29) is 48.8 Å². The Morgan fingerprint density at radius 2 is 1.10 bits per heavy atom. The molecule has 4 heterocycles. The lowest BCUT2D eigenvalue weighted by atomic mass is 10.0. The van der Waals surface area contributed by atoms with Crippen LogP contribution in [0.4, 0.5) is 29.7 Å². The van der Waals surface area contributed by atoms with E-state index >= 15 is 0 Å². The van der Waals surface area contributed by atoms with Gasteiger partial charge >= 0.3 is 23.6 Å². The van der Waals surface area contributed by atoms with Crippen molar-refractivity contribution < 1.29 is 47.2 Å². The van der Waals surface area contributed by atoms with Gasteiger partial charge in [-0.2, -0.15) is 10.2 Å². The standard InChI is InChI=1S/2C15H23FN4O5/c2*1-15(2,3)25-14(21)18-10-5-6-12(24-8-9(10)16)13-11(20(22)23)7-17-19(13)4/h2*7,9-10,12H,5-6,8H2,1-4H3,(H,18,21)/t2*9-,10-,12+/m10/s1. The van der Waals surface area contributed by atoms with Crippen LogP contribution >= 0.6 is 0 Å². The fraction of sp³-hybridized carbons (Fsp3) is 0.733. The van der Waals surface area contributed by atoms with Crippen molar-refractivity contribution in [2.45, 2.75) is 115 Å². The Balaban J connectivity index is 0.000000270. The van der Waals surface area contributed by atoms with Crippen LogP contribution in [0, 0.1) is 20.2 Å². The summed E-state index contributed by atoms with van der Waals surface area (Å²) in [4.78, 5) is 44.9. The molecular weight excluding hydrogens is 670 g/mol. The van der Waals surface area contributed by atoms with E-state index in [0.29, 0.717) is 12.8 Å². The number of nitro groups is 2. The van der Waals surface area contributed by atoms with Crippen LogP contribution < -0.4 is 10.6 Å². The summed E-state index contributed by atoms with van der Waals surface area (Å²) in [6, 6.07) is -1.57. The van der Waals surface area contributed by atoms with Crippen LogP contribution in [0.25, 0.3) is 0 Å². The lowest BCUT2D eigenvalue weighted by Crippen LogP contribution is -2.44. The topological polar surface area (TPSA) is 217 Å². The number of hydrogen-bond donors (Lipinski definition) is 2. The maximum Gasteiger partial charge on any atom is 0.407 e. The molecule has 0 aromatic carbocycles. The van der Waals surface area contributed by atoms with E-state index in [1.165, 1.54) is 9.36 Å². The molecule has 2 aliphatic heterocycles. The molecule has 6 atom stereocenters. The maximum atomic E-state index is 14.3. The van der Waals surface area contributed by atoms with Crippen LogP contribution in [0.2, 0.25) is 0 Å². The van der Waals surface area contributed by atoms with Gasteiger partial charge in [-0.1, -0.05) is 0 Å². The summed E-state index contributed by atoms with van der Waals surface area (Å²) in [7, 11) is 3.14. The van der Waals surface area contributed by atoms with E-state index in [1.807, 2.05) is 0 Å². The number of halogens is 2. The minimum Gasteiger partial charge on any atom is -0.444 e. The molecule has 0 saturated carbocycles. The van der Waals surface area contributed by atoms with Crippen molar-refractivity contribution in [1.29, 1.82) is 0 Å². The van der Waals surface area contributed by atoms with E-state index in [9.17, 15) is 38.6 Å². The van der Waals surface area contributed by atoms with E-state index < -0.39 is 69.9 Å². The van der Waals surface area contributed by atoms with E-state index in [2.05, 4.69) is 20.8 Å². The highest BCUT2D eigenvalue weighted by atomic mass is 19.1. The maximum absolute atomic E-state index is 14.3. The molecule has 2 aromatic rings. The zero-order valence-electron chi connectivity index (χ0n) is 29.4. The molecule has 2 aliphatic rings. The van der Waals surface area contributed by atoms with Crippen molar-refractivity contribution in [3.63, 3.8) is 0 Å². The van der Waals surface area contributed by atoms with Crippen molar-refractivity contribution in [1.82, 2.24) is 30.2 Å². The Hall–Kier alpha value is -4.46. The number of carbonyl (C=O) groups is 2. The average molecular weight is 717 g/mol. The second kappa shape index (κ2) is 16.5.